The summed E-state index contributed by atoms with van der Waals surface area (Å²) in [4.78, 5) is 20.5. The number of benzene rings is 1. The number of hydrogen-bond acceptors (Lipinski definition) is 1. The van der Waals surface area contributed by atoms with Crippen molar-refractivity contribution < 1.29 is 18.7 Å². The SMILES string of the molecule is O=P(O)(O)c1c[nH]c2ccc(F)cc12. The number of rotatable bonds is 1. The van der Waals surface area contributed by atoms with Gasteiger partial charge < -0.3 is 14.8 Å². The van der Waals surface area contributed by atoms with Crippen molar-refractivity contribution in [2.45, 2.75) is 0 Å². The van der Waals surface area contributed by atoms with Crippen molar-refractivity contribution in [1.29, 1.82) is 0 Å². The first kappa shape index (κ1) is 9.40. The summed E-state index contributed by atoms with van der Waals surface area (Å²) in [6, 6.07) is 3.76. The predicted molar refractivity (Wildman–Crippen MR) is 49.9 cm³/mol. The maximum atomic E-state index is 12.8. The Kier molecular flexibility index (Phi) is 1.96. The third kappa shape index (κ3) is 1.46. The van der Waals surface area contributed by atoms with Gasteiger partial charge >= 0.3 is 7.60 Å². The van der Waals surface area contributed by atoms with Crippen LogP contribution in [0, 0.1) is 5.82 Å². The Morgan fingerprint density at radius 3 is 2.71 bits per heavy atom. The number of hydrogen-bond donors (Lipinski definition) is 3. The molecule has 2 aromatic rings. The first-order valence-corrected chi connectivity index (χ1v) is 5.42. The van der Waals surface area contributed by atoms with Crippen LogP contribution >= 0.6 is 7.60 Å². The summed E-state index contributed by atoms with van der Waals surface area (Å²) in [5.41, 5.74) is 0.504. The Hall–Kier alpha value is -1.16. The van der Waals surface area contributed by atoms with Crippen LogP contribution in [0.3, 0.4) is 0 Å². The van der Waals surface area contributed by atoms with Gasteiger partial charge in [0.15, 0.2) is 0 Å². The average Bonchev–Trinajstić information content (AvgIpc) is 2.45. The smallest absolute Gasteiger partial charge is 0.358 e. The third-order valence-corrected chi connectivity index (χ3v) is 2.93. The minimum atomic E-state index is -4.33. The van der Waals surface area contributed by atoms with Gasteiger partial charge in [0.05, 0.1) is 5.30 Å². The van der Waals surface area contributed by atoms with Gasteiger partial charge in [-0.15, -0.1) is 0 Å². The van der Waals surface area contributed by atoms with Gasteiger partial charge in [-0.25, -0.2) is 4.39 Å². The number of H-pyrrole nitrogens is 1. The largest absolute Gasteiger partial charge is 0.360 e. The van der Waals surface area contributed by atoms with E-state index in [2.05, 4.69) is 4.98 Å². The van der Waals surface area contributed by atoms with Gasteiger partial charge in [0.25, 0.3) is 0 Å². The van der Waals surface area contributed by atoms with Crippen LogP contribution < -0.4 is 5.30 Å². The van der Waals surface area contributed by atoms with E-state index in [4.69, 9.17) is 9.79 Å². The van der Waals surface area contributed by atoms with Gasteiger partial charge in [0, 0.05) is 17.1 Å². The molecule has 0 fully saturated rings. The molecule has 0 unspecified atom stereocenters. The Labute approximate surface area is 78.5 Å². The average molecular weight is 215 g/mol. The molecule has 0 saturated carbocycles. The number of aromatic amines is 1. The van der Waals surface area contributed by atoms with E-state index in [0.717, 1.165) is 6.07 Å². The van der Waals surface area contributed by atoms with E-state index in [1.54, 1.807) is 0 Å². The van der Waals surface area contributed by atoms with Crippen molar-refractivity contribution in [1.82, 2.24) is 4.98 Å². The molecule has 0 amide bonds. The first-order valence-electron chi connectivity index (χ1n) is 3.81. The summed E-state index contributed by atoms with van der Waals surface area (Å²) in [6.07, 6.45) is 1.20. The van der Waals surface area contributed by atoms with Gasteiger partial charge in [-0.2, -0.15) is 0 Å². The minimum Gasteiger partial charge on any atom is -0.360 e. The highest BCUT2D eigenvalue weighted by Gasteiger charge is 2.21. The molecule has 3 N–H and O–H groups in total. The highest BCUT2D eigenvalue weighted by Crippen LogP contribution is 2.36. The summed E-state index contributed by atoms with van der Waals surface area (Å²) in [5.74, 6) is -0.521. The van der Waals surface area contributed by atoms with Gasteiger partial charge in [0.1, 0.15) is 5.82 Å². The van der Waals surface area contributed by atoms with Crippen LogP contribution in [0.25, 0.3) is 10.9 Å². The molecule has 0 aliphatic heterocycles. The summed E-state index contributed by atoms with van der Waals surface area (Å²) in [5, 5.41) is 0.0466. The van der Waals surface area contributed by atoms with Crippen LogP contribution in [0.15, 0.2) is 24.4 Å². The van der Waals surface area contributed by atoms with Crippen molar-refractivity contribution in [3.63, 3.8) is 0 Å². The molecule has 2 rings (SSSR count). The van der Waals surface area contributed by atoms with E-state index in [-0.39, 0.29) is 10.7 Å². The zero-order valence-electron chi connectivity index (χ0n) is 6.94. The second-order valence-corrected chi connectivity index (χ2v) is 4.48. The second kappa shape index (κ2) is 2.92. The molecule has 1 aromatic heterocycles. The highest BCUT2D eigenvalue weighted by atomic mass is 31.2. The molecule has 4 nitrogen and oxygen atoms in total. The van der Waals surface area contributed by atoms with Gasteiger partial charge in [-0.3, -0.25) is 4.57 Å². The molecule has 74 valence electrons. The molecular formula is C8H7FNO3P. The molecule has 14 heavy (non-hydrogen) atoms. The van der Waals surface area contributed by atoms with Gasteiger partial charge in [-0.05, 0) is 18.2 Å². The summed E-state index contributed by atoms with van der Waals surface area (Å²) < 4.78 is 23.8. The van der Waals surface area contributed by atoms with E-state index in [0.29, 0.717) is 5.52 Å². The van der Waals surface area contributed by atoms with Crippen LogP contribution in [0.4, 0.5) is 4.39 Å². The summed E-state index contributed by atoms with van der Waals surface area (Å²) in [7, 11) is -4.33. The Morgan fingerprint density at radius 2 is 2.07 bits per heavy atom. The molecule has 0 aliphatic carbocycles. The minimum absolute atomic E-state index is 0.174. The molecule has 0 radical (unpaired) electrons. The van der Waals surface area contributed by atoms with Crippen molar-refractivity contribution in [3.8, 4) is 0 Å². The molecular weight excluding hydrogens is 208 g/mol. The highest BCUT2D eigenvalue weighted by molar-refractivity contribution is 7.60. The normalized spacial score (nSPS) is 12.2. The van der Waals surface area contributed by atoms with E-state index >= 15 is 0 Å². The van der Waals surface area contributed by atoms with E-state index in [1.165, 1.54) is 18.3 Å². The van der Waals surface area contributed by atoms with Gasteiger partial charge in [0.2, 0.25) is 0 Å². The van der Waals surface area contributed by atoms with Gasteiger partial charge in [-0.1, -0.05) is 0 Å². The molecule has 0 spiro atoms. The summed E-state index contributed by atoms with van der Waals surface area (Å²) in [6.45, 7) is 0. The topological polar surface area (TPSA) is 73.3 Å². The van der Waals surface area contributed by atoms with Crippen LogP contribution in [0.2, 0.25) is 0 Å². The molecule has 6 heteroatoms. The maximum absolute atomic E-state index is 12.8. The summed E-state index contributed by atoms with van der Waals surface area (Å²) >= 11 is 0. The third-order valence-electron chi connectivity index (χ3n) is 1.94. The van der Waals surface area contributed by atoms with Crippen LogP contribution in [-0.4, -0.2) is 14.8 Å². The number of aromatic nitrogens is 1. The molecule has 0 saturated heterocycles. The lowest BCUT2D eigenvalue weighted by Crippen LogP contribution is -2.00. The lowest BCUT2D eigenvalue weighted by atomic mass is 10.2. The predicted octanol–water partition coefficient (Wildman–Crippen LogP) is 1.11. The van der Waals surface area contributed by atoms with Crippen molar-refractivity contribution in [2.24, 2.45) is 0 Å². The van der Waals surface area contributed by atoms with Crippen LogP contribution in [0.1, 0.15) is 0 Å². The lowest BCUT2D eigenvalue weighted by Gasteiger charge is -2.00. The van der Waals surface area contributed by atoms with Crippen molar-refractivity contribution >= 4 is 23.8 Å². The van der Waals surface area contributed by atoms with Crippen LogP contribution in [0.5, 0.6) is 0 Å². The zero-order chi connectivity index (χ0) is 10.3. The number of fused-ring (bicyclic) bond motifs is 1. The van der Waals surface area contributed by atoms with Crippen molar-refractivity contribution in [2.75, 3.05) is 0 Å². The zero-order valence-corrected chi connectivity index (χ0v) is 7.83. The first-order chi connectivity index (χ1) is 6.48. The maximum Gasteiger partial charge on any atom is 0.358 e. The Balaban J connectivity index is 2.80. The molecule has 0 bridgehead atoms. The number of halogens is 1. The molecule has 0 aliphatic rings. The monoisotopic (exact) mass is 215 g/mol. The Morgan fingerprint density at radius 1 is 1.36 bits per heavy atom. The molecule has 1 heterocycles. The lowest BCUT2D eigenvalue weighted by molar-refractivity contribution is 0.388. The fourth-order valence-electron chi connectivity index (χ4n) is 1.32. The quantitative estimate of drug-likeness (QED) is 0.624. The Bertz CT molecular complexity index is 530. The molecule has 1 aromatic carbocycles. The second-order valence-electron chi connectivity index (χ2n) is 2.91. The molecule has 0 atom stereocenters. The van der Waals surface area contributed by atoms with E-state index in [9.17, 15) is 8.96 Å². The number of nitrogens with one attached hydrogen (secondary N) is 1. The standard InChI is InChI=1S/C8H7FNO3P/c9-5-1-2-7-6(3-5)8(4-10-7)14(11,12)13/h1-4,10H,(H2,11,12,13). The fourth-order valence-corrected chi connectivity index (χ4v) is 2.05. The van der Waals surface area contributed by atoms with E-state index in [1.807, 2.05) is 0 Å². The fraction of sp³-hybridized carbons (Fsp3) is 0. The van der Waals surface area contributed by atoms with Crippen molar-refractivity contribution in [3.05, 3.63) is 30.2 Å². The van der Waals surface area contributed by atoms with E-state index < -0.39 is 13.4 Å². The van der Waals surface area contributed by atoms with Crippen LogP contribution in [-0.2, 0) is 4.57 Å².